The van der Waals surface area contributed by atoms with Gasteiger partial charge in [-0.2, -0.15) is 0 Å². The zero-order valence-electron chi connectivity index (χ0n) is 38.8. The van der Waals surface area contributed by atoms with Gasteiger partial charge in [0, 0.05) is 6.42 Å². The molecule has 2 heterocycles. The summed E-state index contributed by atoms with van der Waals surface area (Å²) in [5.41, 5.74) is 0. The maximum atomic E-state index is 13.3. The van der Waals surface area contributed by atoms with Gasteiger partial charge in [-0.15, -0.1) is 0 Å². The number of carbonyl (C=O) groups is 1. The van der Waals surface area contributed by atoms with Gasteiger partial charge in [0.1, 0.15) is 61.0 Å². The monoisotopic (exact) mass is 892 g/mol. The number of amides is 1. The number of hydrogen-bond acceptors (Lipinski definition) is 13. The number of hydrogen-bond donors (Lipinski definition) is 10. The minimum absolute atomic E-state index is 0.192. The maximum absolute atomic E-state index is 13.3. The highest BCUT2D eigenvalue weighted by molar-refractivity contribution is 5.76. The minimum Gasteiger partial charge on any atom is -0.394 e. The van der Waals surface area contributed by atoms with Crippen LogP contribution in [0.2, 0.25) is 0 Å². The Hall–Kier alpha value is -1.01. The zero-order chi connectivity index (χ0) is 45.5. The summed E-state index contributed by atoms with van der Waals surface area (Å²) in [6.45, 7) is 2.98. The molecule has 2 aliphatic heterocycles. The predicted molar refractivity (Wildman–Crippen MR) is 240 cm³/mol. The third-order valence-electron chi connectivity index (χ3n) is 13.1. The highest BCUT2D eigenvalue weighted by atomic mass is 16.7. The van der Waals surface area contributed by atoms with E-state index in [1.54, 1.807) is 0 Å². The molecule has 2 rings (SSSR count). The van der Waals surface area contributed by atoms with Crippen molar-refractivity contribution in [2.75, 3.05) is 13.2 Å². The van der Waals surface area contributed by atoms with Crippen LogP contribution in [-0.2, 0) is 19.0 Å². The molecule has 1 unspecified atom stereocenters. The molecule has 2 fully saturated rings. The van der Waals surface area contributed by atoms with Crippen LogP contribution in [0.5, 0.6) is 0 Å². The highest BCUT2D eigenvalue weighted by Gasteiger charge is 2.53. The fourth-order valence-electron chi connectivity index (χ4n) is 8.98. The molecule has 0 aromatic rings. The molecule has 14 heteroatoms. The first kappa shape index (κ1) is 57.1. The van der Waals surface area contributed by atoms with E-state index in [2.05, 4.69) is 19.2 Å². The summed E-state index contributed by atoms with van der Waals surface area (Å²) in [7, 11) is 0. The van der Waals surface area contributed by atoms with Crippen molar-refractivity contribution >= 4 is 5.91 Å². The second-order valence-electron chi connectivity index (χ2n) is 18.5. The number of nitrogens with one attached hydrogen (secondary N) is 1. The maximum Gasteiger partial charge on any atom is 0.220 e. The molecule has 0 saturated carbocycles. The van der Waals surface area contributed by atoms with Gasteiger partial charge in [0.15, 0.2) is 6.29 Å². The summed E-state index contributed by atoms with van der Waals surface area (Å²) >= 11 is 0. The molecule has 2 saturated heterocycles. The van der Waals surface area contributed by atoms with Gasteiger partial charge in [-0.3, -0.25) is 4.79 Å². The fourth-order valence-corrected chi connectivity index (χ4v) is 8.98. The molecule has 0 radical (unpaired) electrons. The second-order valence-corrected chi connectivity index (χ2v) is 18.5. The van der Waals surface area contributed by atoms with Crippen LogP contribution in [0.4, 0.5) is 0 Å². The molecule has 0 aromatic carbocycles. The van der Waals surface area contributed by atoms with Gasteiger partial charge in [0.2, 0.25) is 5.91 Å². The van der Waals surface area contributed by atoms with E-state index in [9.17, 15) is 50.8 Å². The lowest BCUT2D eigenvalue weighted by atomic mass is 9.87. The van der Waals surface area contributed by atoms with Crippen molar-refractivity contribution in [3.05, 3.63) is 0 Å². The molecule has 10 N–H and O–H groups in total. The van der Waals surface area contributed by atoms with Crippen LogP contribution in [0.1, 0.15) is 206 Å². The van der Waals surface area contributed by atoms with E-state index in [1.807, 2.05) is 0 Å². The lowest BCUT2D eigenvalue weighted by Crippen LogP contribution is -2.68. The third kappa shape index (κ3) is 22.0. The standard InChI is InChI=1S/C48H93NO13/c1-3-5-7-9-11-13-15-17-18-20-22-24-26-28-30-32-38(53)49-39(35(52)31-29-27-25-23-21-19-16-14-12-10-8-6-4-2)41(55)47-44(58)43(57)46(37(34-51)60-47)62-48-45(59)42(56)40(54)36(33-50)61-48/h35-37,39-48,50-52,54-59H,3-34H2,1-2H3,(H,49,53)/t35-,36-,37-,39-,40+,41?,42+,43-,44-,45-,46-,47+,48+/m1/s1. The number of aliphatic hydroxyl groups excluding tert-OH is 9. The largest absolute Gasteiger partial charge is 0.394 e. The summed E-state index contributed by atoms with van der Waals surface area (Å²) in [6, 6.07) is -1.26. The fraction of sp³-hybridized carbons (Fsp3) is 0.979. The Morgan fingerprint density at radius 2 is 0.935 bits per heavy atom. The Balaban J connectivity index is 1.91. The quantitative estimate of drug-likeness (QED) is 0.0340. The Morgan fingerprint density at radius 3 is 1.37 bits per heavy atom. The van der Waals surface area contributed by atoms with Crippen molar-refractivity contribution < 1.29 is 65.0 Å². The van der Waals surface area contributed by atoms with Crippen LogP contribution in [0.25, 0.3) is 0 Å². The first-order valence-corrected chi connectivity index (χ1v) is 25.3. The van der Waals surface area contributed by atoms with Gasteiger partial charge >= 0.3 is 0 Å². The van der Waals surface area contributed by atoms with E-state index < -0.39 is 92.7 Å². The molecule has 62 heavy (non-hydrogen) atoms. The van der Waals surface area contributed by atoms with Crippen molar-refractivity contribution in [1.29, 1.82) is 0 Å². The van der Waals surface area contributed by atoms with E-state index in [4.69, 9.17) is 14.2 Å². The smallest absolute Gasteiger partial charge is 0.220 e. The summed E-state index contributed by atoms with van der Waals surface area (Å²) < 4.78 is 17.0. The number of rotatable bonds is 38. The van der Waals surface area contributed by atoms with Crippen LogP contribution in [-0.4, -0.2) is 145 Å². The SMILES string of the molecule is CCCCCCCCCCCCCCCCCC(=O)N[C@@H](C(O)[C@@H]1O[C@H](CO)[C@@H](O[C@@H]2O[C@H](CO)[C@H](O)[C@H](O)[C@H]2O)[C@H](O)[C@H]1O)[C@H](O)CCCCCCCCCCCCCCC. The van der Waals surface area contributed by atoms with Crippen molar-refractivity contribution in [3.63, 3.8) is 0 Å². The molecule has 0 aliphatic carbocycles. The molecule has 2 aliphatic rings. The van der Waals surface area contributed by atoms with Gasteiger partial charge in [-0.05, 0) is 12.8 Å². The van der Waals surface area contributed by atoms with Crippen LogP contribution in [0.15, 0.2) is 0 Å². The van der Waals surface area contributed by atoms with Crippen molar-refractivity contribution in [3.8, 4) is 0 Å². The van der Waals surface area contributed by atoms with Gasteiger partial charge in [0.25, 0.3) is 0 Å². The molecule has 0 bridgehead atoms. The molecule has 14 nitrogen and oxygen atoms in total. The molecule has 368 valence electrons. The summed E-state index contributed by atoms with van der Waals surface area (Å²) in [5, 5.41) is 99.2. The van der Waals surface area contributed by atoms with Gasteiger partial charge in [-0.25, -0.2) is 0 Å². The average Bonchev–Trinajstić information content (AvgIpc) is 3.27. The van der Waals surface area contributed by atoms with E-state index in [0.29, 0.717) is 12.8 Å². The Morgan fingerprint density at radius 1 is 0.516 bits per heavy atom. The highest BCUT2D eigenvalue weighted by Crippen LogP contribution is 2.31. The minimum atomic E-state index is -1.85. The average molecular weight is 892 g/mol. The number of ether oxygens (including phenoxy) is 3. The lowest BCUT2D eigenvalue weighted by Gasteiger charge is -2.47. The van der Waals surface area contributed by atoms with Crippen molar-refractivity contribution in [2.24, 2.45) is 0 Å². The zero-order valence-corrected chi connectivity index (χ0v) is 38.8. The molecule has 0 aromatic heterocycles. The first-order chi connectivity index (χ1) is 30.0. The van der Waals surface area contributed by atoms with E-state index >= 15 is 0 Å². The predicted octanol–water partition coefficient (Wildman–Crippen LogP) is 5.60. The van der Waals surface area contributed by atoms with Crippen molar-refractivity contribution in [2.45, 2.75) is 286 Å². The Bertz CT molecular complexity index is 1070. The topological polar surface area (TPSA) is 239 Å². The van der Waals surface area contributed by atoms with Gasteiger partial charge in [-0.1, -0.05) is 187 Å². The van der Waals surface area contributed by atoms with E-state index in [-0.39, 0.29) is 18.7 Å². The number of aliphatic hydroxyl groups is 9. The van der Waals surface area contributed by atoms with Crippen molar-refractivity contribution in [1.82, 2.24) is 5.32 Å². The molecular formula is C48H93NO13. The normalized spacial score (nSPS) is 28.2. The second kappa shape index (κ2) is 35.2. The van der Waals surface area contributed by atoms with Gasteiger partial charge < -0.3 is 65.5 Å². The number of unbranched alkanes of at least 4 members (excludes halogenated alkanes) is 26. The number of carbonyl (C=O) groups excluding carboxylic acids is 1. The lowest BCUT2D eigenvalue weighted by molar-refractivity contribution is -0.345. The third-order valence-corrected chi connectivity index (χ3v) is 13.1. The summed E-state index contributed by atoms with van der Waals surface area (Å²) in [4.78, 5) is 13.3. The Kier molecular flexibility index (Phi) is 32.4. The molecule has 1 amide bonds. The van der Waals surface area contributed by atoms with Gasteiger partial charge in [0.05, 0.1) is 25.4 Å². The summed E-state index contributed by atoms with van der Waals surface area (Å²) in [5.74, 6) is -0.360. The molecule has 0 spiro atoms. The van der Waals surface area contributed by atoms with E-state index in [1.165, 1.54) is 128 Å². The van der Waals surface area contributed by atoms with Crippen LogP contribution in [0.3, 0.4) is 0 Å². The first-order valence-electron chi connectivity index (χ1n) is 25.3. The molecular weight excluding hydrogens is 799 g/mol. The summed E-state index contributed by atoms with van der Waals surface area (Å²) in [6.07, 6.45) is 14.2. The van der Waals surface area contributed by atoms with Crippen LogP contribution < -0.4 is 5.32 Å². The van der Waals surface area contributed by atoms with E-state index in [0.717, 1.165) is 38.5 Å². The van der Waals surface area contributed by atoms with Crippen LogP contribution in [0, 0.1) is 0 Å². The molecule has 13 atom stereocenters. The Labute approximate surface area is 374 Å². The van der Waals surface area contributed by atoms with Crippen LogP contribution >= 0.6 is 0 Å².